The number of cyclic esters (lactones) is 1. The topological polar surface area (TPSA) is 129 Å². The molecular weight excluding hydrogens is 490 g/mol. The summed E-state index contributed by atoms with van der Waals surface area (Å²) in [6.45, 7) is 5.01. The lowest BCUT2D eigenvalue weighted by atomic mass is 9.43. The highest BCUT2D eigenvalue weighted by Crippen LogP contribution is 2.70. The fourth-order valence-electron chi connectivity index (χ4n) is 10.1. The summed E-state index contributed by atoms with van der Waals surface area (Å²) >= 11 is 0. The fourth-order valence-corrected chi connectivity index (χ4v) is 10.1. The van der Waals surface area contributed by atoms with Crippen molar-refractivity contribution in [1.29, 1.82) is 0 Å². The first-order chi connectivity index (χ1) is 18.0. The fraction of sp³-hybridized carbons (Fsp3) is 0.897. The second kappa shape index (κ2) is 9.50. The summed E-state index contributed by atoms with van der Waals surface area (Å²) < 4.78 is 11.0. The Morgan fingerprint density at radius 3 is 2.50 bits per heavy atom. The number of carbonyl (C=O) groups excluding carboxylic acids is 1. The number of hydrogen-bond acceptors (Lipinski definition) is 9. The van der Waals surface area contributed by atoms with Gasteiger partial charge in [-0.15, -0.1) is 0 Å². The Balaban J connectivity index is 1.19. The van der Waals surface area contributed by atoms with E-state index in [1.54, 1.807) is 18.2 Å². The molecule has 214 valence electrons. The lowest BCUT2D eigenvalue weighted by Crippen LogP contribution is -2.64. The third-order valence-electron chi connectivity index (χ3n) is 12.3. The molecule has 12 atom stereocenters. The summed E-state index contributed by atoms with van der Waals surface area (Å²) in [6.07, 6.45) is 5.76. The van der Waals surface area contributed by atoms with E-state index in [4.69, 9.17) is 14.3 Å². The molecule has 4 aliphatic carbocycles. The van der Waals surface area contributed by atoms with E-state index < -0.39 is 30.1 Å². The van der Waals surface area contributed by atoms with Crippen molar-refractivity contribution in [2.75, 3.05) is 20.3 Å². The van der Waals surface area contributed by atoms with Crippen LogP contribution in [-0.2, 0) is 19.1 Å². The van der Waals surface area contributed by atoms with Gasteiger partial charge in [-0.1, -0.05) is 13.8 Å². The lowest BCUT2D eigenvalue weighted by molar-refractivity contribution is -0.326. The summed E-state index contributed by atoms with van der Waals surface area (Å²) in [5.74, 6) is 1.11. The molecule has 0 aromatic carbocycles. The van der Waals surface area contributed by atoms with Gasteiger partial charge in [0.25, 0.3) is 0 Å². The minimum absolute atomic E-state index is 0.0383. The van der Waals surface area contributed by atoms with Gasteiger partial charge >= 0.3 is 5.97 Å². The highest BCUT2D eigenvalue weighted by Gasteiger charge is 2.68. The van der Waals surface area contributed by atoms with Crippen molar-refractivity contribution in [1.82, 2.24) is 5.06 Å². The summed E-state index contributed by atoms with van der Waals surface area (Å²) in [5, 5.41) is 44.9. The van der Waals surface area contributed by atoms with Crippen LogP contribution in [-0.4, -0.2) is 88.0 Å². The molecule has 1 unspecified atom stereocenters. The van der Waals surface area contributed by atoms with Gasteiger partial charge in [0.2, 0.25) is 0 Å². The first-order valence-electron chi connectivity index (χ1n) is 14.6. The van der Waals surface area contributed by atoms with Crippen LogP contribution in [0.5, 0.6) is 0 Å². The van der Waals surface area contributed by atoms with Gasteiger partial charge in [-0.25, -0.2) is 4.79 Å². The van der Waals surface area contributed by atoms with Crippen LogP contribution in [0.25, 0.3) is 0 Å². The van der Waals surface area contributed by atoms with Gasteiger partial charge in [-0.2, -0.15) is 5.06 Å². The van der Waals surface area contributed by atoms with Crippen LogP contribution in [0.1, 0.15) is 71.6 Å². The predicted molar refractivity (Wildman–Crippen MR) is 136 cm³/mol. The van der Waals surface area contributed by atoms with E-state index in [0.29, 0.717) is 18.4 Å². The number of hydrogen-bond donors (Lipinski definition) is 4. The first kappa shape index (κ1) is 27.1. The molecule has 1 saturated heterocycles. The Kier molecular flexibility index (Phi) is 6.78. The Hall–Kier alpha value is -1.07. The number of carbonyl (C=O) groups is 1. The molecule has 0 bridgehead atoms. The van der Waals surface area contributed by atoms with E-state index in [0.717, 1.165) is 63.4 Å². The Morgan fingerprint density at radius 2 is 1.79 bits per heavy atom. The molecular formula is C29H45NO8. The van der Waals surface area contributed by atoms with Crippen molar-refractivity contribution < 1.29 is 39.5 Å². The van der Waals surface area contributed by atoms with Crippen LogP contribution >= 0.6 is 0 Å². The number of hydroxylamine groups is 2. The molecule has 0 amide bonds. The van der Waals surface area contributed by atoms with Gasteiger partial charge in [-0.3, -0.25) is 4.84 Å². The molecule has 0 aromatic rings. The second-order valence-corrected chi connectivity index (χ2v) is 13.5. The van der Waals surface area contributed by atoms with Crippen molar-refractivity contribution in [2.45, 2.75) is 108 Å². The van der Waals surface area contributed by atoms with Crippen molar-refractivity contribution in [3.8, 4) is 0 Å². The van der Waals surface area contributed by atoms with E-state index in [-0.39, 0.29) is 41.3 Å². The SMILES string of the molecule is CON(C1OC[C@H](O)[C@H](O)[C@@H]1O)[C@H]1CC[C@@]2(C)[C@H](CC[C@@H]3[C@@H]2CC[C@]2(C)[C@@H](C4=CC(=O)OC4)CC[C@]32O)C1. The molecule has 9 nitrogen and oxygen atoms in total. The van der Waals surface area contributed by atoms with E-state index in [1.807, 2.05) is 0 Å². The molecule has 4 N–H and O–H groups in total. The highest BCUT2D eigenvalue weighted by atomic mass is 16.7. The third-order valence-corrected chi connectivity index (χ3v) is 12.3. The smallest absolute Gasteiger partial charge is 0.331 e. The maximum atomic E-state index is 12.4. The average Bonchev–Trinajstić information content (AvgIpc) is 3.44. The maximum Gasteiger partial charge on any atom is 0.331 e. The molecule has 4 saturated carbocycles. The zero-order valence-corrected chi connectivity index (χ0v) is 22.9. The van der Waals surface area contributed by atoms with E-state index in [9.17, 15) is 25.2 Å². The number of nitrogens with zero attached hydrogens (tertiary/aromatic N) is 1. The molecule has 9 heteroatoms. The molecule has 0 spiro atoms. The van der Waals surface area contributed by atoms with Crippen molar-refractivity contribution in [2.24, 2.45) is 34.5 Å². The normalized spacial score (nSPS) is 52.7. The Bertz CT molecular complexity index is 974. The summed E-state index contributed by atoms with van der Waals surface area (Å²) in [7, 11) is 1.57. The number of aliphatic hydroxyl groups excluding tert-OH is 3. The molecule has 6 aliphatic rings. The van der Waals surface area contributed by atoms with Gasteiger partial charge in [0.1, 0.15) is 24.9 Å². The summed E-state index contributed by atoms with van der Waals surface area (Å²) in [6, 6.07) is 0.0383. The monoisotopic (exact) mass is 535 g/mol. The van der Waals surface area contributed by atoms with Crippen LogP contribution in [0.4, 0.5) is 0 Å². The zero-order valence-electron chi connectivity index (χ0n) is 22.9. The lowest BCUT2D eigenvalue weighted by Gasteiger charge is -2.64. The van der Waals surface area contributed by atoms with E-state index >= 15 is 0 Å². The number of aliphatic hydroxyl groups is 4. The number of esters is 1. The molecule has 2 aliphatic heterocycles. The van der Waals surface area contributed by atoms with Crippen LogP contribution in [0, 0.1) is 34.5 Å². The van der Waals surface area contributed by atoms with Crippen LogP contribution in [0.2, 0.25) is 0 Å². The number of rotatable bonds is 4. The van der Waals surface area contributed by atoms with Crippen molar-refractivity contribution >= 4 is 5.97 Å². The van der Waals surface area contributed by atoms with E-state index in [1.165, 1.54) is 0 Å². The molecule has 0 radical (unpaired) electrons. The predicted octanol–water partition coefficient (Wildman–Crippen LogP) is 1.91. The van der Waals surface area contributed by atoms with Gasteiger partial charge in [0.05, 0.1) is 19.3 Å². The second-order valence-electron chi connectivity index (χ2n) is 13.5. The van der Waals surface area contributed by atoms with E-state index in [2.05, 4.69) is 13.8 Å². The van der Waals surface area contributed by atoms with Crippen molar-refractivity contribution in [3.63, 3.8) is 0 Å². The van der Waals surface area contributed by atoms with Crippen LogP contribution < -0.4 is 0 Å². The van der Waals surface area contributed by atoms with Gasteiger partial charge in [0.15, 0.2) is 6.23 Å². The van der Waals surface area contributed by atoms with Gasteiger partial charge < -0.3 is 29.9 Å². The minimum atomic E-state index is -1.27. The van der Waals surface area contributed by atoms with Crippen LogP contribution in [0.15, 0.2) is 11.6 Å². The van der Waals surface area contributed by atoms with Gasteiger partial charge in [-0.05, 0) is 92.4 Å². The largest absolute Gasteiger partial charge is 0.458 e. The molecule has 38 heavy (non-hydrogen) atoms. The standard InChI is InChI=1S/C29H45NO8/c1-27-9-6-18(30(36-3)26-25(34)24(33)22(31)15-38-26)13-17(27)4-5-21-20(27)7-10-28(2)19(8-11-29(21,28)35)16-12-23(32)37-14-16/h12,17-22,24-26,31,33-35H,4-11,13-15H2,1-3H3/t17-,18+,19-,20+,21-,22+,24+,25+,26?,27+,28-,29+/m1/s1. The summed E-state index contributed by atoms with van der Waals surface area (Å²) in [5.41, 5.74) is 0.215. The molecule has 0 aromatic heterocycles. The Labute approximate surface area is 225 Å². The molecule has 5 fully saturated rings. The van der Waals surface area contributed by atoms with Gasteiger partial charge in [0, 0.05) is 17.5 Å². The third kappa shape index (κ3) is 3.80. The van der Waals surface area contributed by atoms with Crippen molar-refractivity contribution in [3.05, 3.63) is 11.6 Å². The first-order valence-corrected chi connectivity index (χ1v) is 14.6. The number of ether oxygens (including phenoxy) is 2. The zero-order chi connectivity index (χ0) is 27.0. The minimum Gasteiger partial charge on any atom is -0.458 e. The molecule has 2 heterocycles. The quantitative estimate of drug-likeness (QED) is 0.315. The molecule has 6 rings (SSSR count). The van der Waals surface area contributed by atoms with Crippen LogP contribution in [0.3, 0.4) is 0 Å². The summed E-state index contributed by atoms with van der Waals surface area (Å²) in [4.78, 5) is 17.5. The Morgan fingerprint density at radius 1 is 1.00 bits per heavy atom. The number of fused-ring (bicyclic) bond motifs is 5. The highest BCUT2D eigenvalue weighted by molar-refractivity contribution is 5.85. The average molecular weight is 536 g/mol. The maximum absolute atomic E-state index is 12.4.